The molecule has 1 aliphatic heterocycles. The maximum atomic E-state index is 13.6. The minimum atomic E-state index is -3.65. The van der Waals surface area contributed by atoms with E-state index in [0.29, 0.717) is 12.3 Å². The molecule has 0 radical (unpaired) electrons. The SMILES string of the molecule is O=C(Nc1ccc(S(=O)(=O)NC[C@H]2CCCO2)cc1)c1ccccc1F. The summed E-state index contributed by atoms with van der Waals surface area (Å²) in [5.74, 6) is -1.22. The van der Waals surface area contributed by atoms with E-state index in [2.05, 4.69) is 10.0 Å². The third-order valence-corrected chi connectivity index (χ3v) is 5.51. The van der Waals surface area contributed by atoms with Crippen molar-refractivity contribution in [2.75, 3.05) is 18.5 Å². The van der Waals surface area contributed by atoms with Crippen LogP contribution in [0.1, 0.15) is 23.2 Å². The van der Waals surface area contributed by atoms with E-state index in [0.717, 1.165) is 12.8 Å². The number of sulfonamides is 1. The van der Waals surface area contributed by atoms with E-state index < -0.39 is 21.7 Å². The quantitative estimate of drug-likeness (QED) is 0.809. The summed E-state index contributed by atoms with van der Waals surface area (Å²) in [5, 5.41) is 2.54. The van der Waals surface area contributed by atoms with Crippen LogP contribution in [0.25, 0.3) is 0 Å². The lowest BCUT2D eigenvalue weighted by Crippen LogP contribution is -2.31. The monoisotopic (exact) mass is 378 g/mol. The van der Waals surface area contributed by atoms with Crippen LogP contribution >= 0.6 is 0 Å². The highest BCUT2D eigenvalue weighted by Gasteiger charge is 2.20. The third kappa shape index (κ3) is 4.46. The number of benzene rings is 2. The average Bonchev–Trinajstić information content (AvgIpc) is 3.14. The molecule has 1 aliphatic rings. The molecule has 1 heterocycles. The summed E-state index contributed by atoms with van der Waals surface area (Å²) < 4.78 is 46.1. The van der Waals surface area contributed by atoms with Gasteiger partial charge in [-0.25, -0.2) is 17.5 Å². The van der Waals surface area contributed by atoms with Gasteiger partial charge in [-0.3, -0.25) is 4.79 Å². The van der Waals surface area contributed by atoms with Gasteiger partial charge in [0.15, 0.2) is 0 Å². The molecule has 1 saturated heterocycles. The summed E-state index contributed by atoms with van der Waals surface area (Å²) in [5.41, 5.74) is 0.291. The van der Waals surface area contributed by atoms with Gasteiger partial charge >= 0.3 is 0 Å². The molecule has 1 fully saturated rings. The zero-order valence-corrected chi connectivity index (χ0v) is 14.8. The van der Waals surface area contributed by atoms with Gasteiger partial charge in [0.05, 0.1) is 16.6 Å². The van der Waals surface area contributed by atoms with Crippen LogP contribution in [0, 0.1) is 5.82 Å². The topological polar surface area (TPSA) is 84.5 Å². The second-order valence-corrected chi connectivity index (χ2v) is 7.71. The zero-order valence-electron chi connectivity index (χ0n) is 13.9. The molecule has 0 spiro atoms. The Morgan fingerprint density at radius 1 is 1.15 bits per heavy atom. The van der Waals surface area contributed by atoms with Crippen LogP contribution in [0.15, 0.2) is 53.4 Å². The second-order valence-electron chi connectivity index (χ2n) is 5.95. The number of carbonyl (C=O) groups excluding carboxylic acids is 1. The molecule has 8 heteroatoms. The first-order valence-electron chi connectivity index (χ1n) is 8.23. The first-order valence-corrected chi connectivity index (χ1v) is 9.71. The molecule has 0 aromatic heterocycles. The number of carbonyl (C=O) groups is 1. The minimum Gasteiger partial charge on any atom is -0.377 e. The van der Waals surface area contributed by atoms with Gasteiger partial charge in [0, 0.05) is 18.8 Å². The van der Waals surface area contributed by atoms with E-state index in [1.807, 2.05) is 0 Å². The van der Waals surface area contributed by atoms with Crippen LogP contribution in [0.3, 0.4) is 0 Å². The van der Waals surface area contributed by atoms with Crippen molar-refractivity contribution in [3.8, 4) is 0 Å². The Balaban J connectivity index is 1.64. The Hall–Kier alpha value is -2.29. The van der Waals surface area contributed by atoms with Crippen molar-refractivity contribution in [2.45, 2.75) is 23.8 Å². The van der Waals surface area contributed by atoms with Crippen molar-refractivity contribution >= 4 is 21.6 Å². The zero-order chi connectivity index (χ0) is 18.6. The predicted molar refractivity (Wildman–Crippen MR) is 95.0 cm³/mol. The van der Waals surface area contributed by atoms with Crippen molar-refractivity contribution in [3.63, 3.8) is 0 Å². The number of hydrogen-bond donors (Lipinski definition) is 2. The summed E-state index contributed by atoms with van der Waals surface area (Å²) >= 11 is 0. The standard InChI is InChI=1S/C18H19FN2O4S/c19-17-6-2-1-5-16(17)18(22)21-13-7-9-15(10-8-13)26(23,24)20-12-14-4-3-11-25-14/h1-2,5-10,14,20H,3-4,11-12H2,(H,21,22)/t14-/m1/s1. The van der Waals surface area contributed by atoms with Gasteiger partial charge < -0.3 is 10.1 Å². The van der Waals surface area contributed by atoms with E-state index in [1.165, 1.54) is 42.5 Å². The van der Waals surface area contributed by atoms with Crippen molar-refractivity contribution in [2.24, 2.45) is 0 Å². The van der Waals surface area contributed by atoms with Crippen molar-refractivity contribution in [1.82, 2.24) is 4.72 Å². The molecule has 3 rings (SSSR count). The molecule has 0 bridgehead atoms. The fourth-order valence-electron chi connectivity index (χ4n) is 2.65. The van der Waals surface area contributed by atoms with Gasteiger partial charge in [-0.1, -0.05) is 12.1 Å². The summed E-state index contributed by atoms with van der Waals surface area (Å²) in [6, 6.07) is 11.3. The average molecular weight is 378 g/mol. The van der Waals surface area contributed by atoms with Crippen LogP contribution in [0.2, 0.25) is 0 Å². The molecule has 1 amide bonds. The molecular weight excluding hydrogens is 359 g/mol. The van der Waals surface area contributed by atoms with Gasteiger partial charge in [-0.05, 0) is 49.2 Å². The molecule has 1 atom stereocenters. The number of rotatable bonds is 6. The Bertz CT molecular complexity index is 878. The molecule has 2 aromatic carbocycles. The molecule has 0 unspecified atom stereocenters. The fourth-order valence-corrected chi connectivity index (χ4v) is 3.72. The Morgan fingerprint density at radius 2 is 1.88 bits per heavy atom. The number of amides is 1. The van der Waals surface area contributed by atoms with E-state index in [1.54, 1.807) is 6.07 Å². The van der Waals surface area contributed by atoms with E-state index >= 15 is 0 Å². The summed E-state index contributed by atoms with van der Waals surface area (Å²) in [4.78, 5) is 12.2. The molecule has 6 nitrogen and oxygen atoms in total. The highest BCUT2D eigenvalue weighted by atomic mass is 32.2. The lowest BCUT2D eigenvalue weighted by atomic mass is 10.2. The number of halogens is 1. The highest BCUT2D eigenvalue weighted by Crippen LogP contribution is 2.17. The third-order valence-electron chi connectivity index (χ3n) is 4.07. The van der Waals surface area contributed by atoms with Crippen LogP contribution in [-0.2, 0) is 14.8 Å². The fraction of sp³-hybridized carbons (Fsp3) is 0.278. The van der Waals surface area contributed by atoms with Crippen molar-refractivity contribution < 1.29 is 22.3 Å². The second kappa shape index (κ2) is 7.94. The van der Waals surface area contributed by atoms with Crippen LogP contribution in [-0.4, -0.2) is 33.6 Å². The van der Waals surface area contributed by atoms with Gasteiger partial charge in [-0.15, -0.1) is 0 Å². The van der Waals surface area contributed by atoms with Gasteiger partial charge in [0.1, 0.15) is 5.82 Å². The highest BCUT2D eigenvalue weighted by molar-refractivity contribution is 7.89. The molecule has 138 valence electrons. The first kappa shape index (κ1) is 18.5. The van der Waals surface area contributed by atoms with Gasteiger partial charge in [0.2, 0.25) is 10.0 Å². The van der Waals surface area contributed by atoms with E-state index in [4.69, 9.17) is 4.74 Å². The van der Waals surface area contributed by atoms with Gasteiger partial charge in [-0.2, -0.15) is 0 Å². The first-order chi connectivity index (χ1) is 12.5. The maximum absolute atomic E-state index is 13.6. The van der Waals surface area contributed by atoms with E-state index in [-0.39, 0.29) is 23.1 Å². The minimum absolute atomic E-state index is 0.0811. The molecule has 0 aliphatic carbocycles. The number of ether oxygens (including phenoxy) is 1. The normalized spacial score (nSPS) is 17.2. The van der Waals surface area contributed by atoms with Crippen LogP contribution in [0.4, 0.5) is 10.1 Å². The molecular formula is C18H19FN2O4S. The Kier molecular flexibility index (Phi) is 5.65. The Morgan fingerprint density at radius 3 is 2.54 bits per heavy atom. The lowest BCUT2D eigenvalue weighted by molar-refractivity contribution is 0.102. The molecule has 2 aromatic rings. The molecule has 26 heavy (non-hydrogen) atoms. The Labute approximate surface area is 151 Å². The molecule has 0 saturated carbocycles. The summed E-state index contributed by atoms with van der Waals surface area (Å²) in [7, 11) is -3.65. The number of hydrogen-bond acceptors (Lipinski definition) is 4. The van der Waals surface area contributed by atoms with Crippen molar-refractivity contribution in [1.29, 1.82) is 0 Å². The molecule has 2 N–H and O–H groups in total. The largest absolute Gasteiger partial charge is 0.377 e. The lowest BCUT2D eigenvalue weighted by Gasteiger charge is -2.12. The summed E-state index contributed by atoms with van der Waals surface area (Å²) in [6.07, 6.45) is 1.68. The summed E-state index contributed by atoms with van der Waals surface area (Å²) in [6.45, 7) is 0.886. The number of nitrogens with one attached hydrogen (secondary N) is 2. The van der Waals surface area contributed by atoms with E-state index in [9.17, 15) is 17.6 Å². The maximum Gasteiger partial charge on any atom is 0.258 e. The predicted octanol–water partition coefficient (Wildman–Crippen LogP) is 2.54. The number of anilines is 1. The smallest absolute Gasteiger partial charge is 0.258 e. The van der Waals surface area contributed by atoms with Gasteiger partial charge in [0.25, 0.3) is 5.91 Å². The van der Waals surface area contributed by atoms with Crippen LogP contribution in [0.5, 0.6) is 0 Å². The van der Waals surface area contributed by atoms with Crippen LogP contribution < -0.4 is 10.0 Å². The van der Waals surface area contributed by atoms with Crippen molar-refractivity contribution in [3.05, 3.63) is 59.9 Å².